The van der Waals surface area contributed by atoms with Crippen LogP contribution < -0.4 is 5.32 Å². The minimum atomic E-state index is -0.0721. The van der Waals surface area contributed by atoms with Gasteiger partial charge < -0.3 is 5.32 Å². The van der Waals surface area contributed by atoms with E-state index in [2.05, 4.69) is 22.4 Å². The molecule has 1 aliphatic carbocycles. The molecule has 1 amide bonds. The van der Waals surface area contributed by atoms with Crippen molar-refractivity contribution in [2.75, 3.05) is 11.1 Å². The van der Waals surface area contributed by atoms with E-state index in [-0.39, 0.29) is 23.0 Å². The Bertz CT molecular complexity index is 1320. The third-order valence-corrected chi connectivity index (χ3v) is 8.84. The minimum absolute atomic E-state index is 0.0721. The molecule has 0 bridgehead atoms. The van der Waals surface area contributed by atoms with Gasteiger partial charge in [0.05, 0.1) is 22.3 Å². The third kappa shape index (κ3) is 3.84. The lowest BCUT2D eigenvalue weighted by molar-refractivity contribution is -0.113. The van der Waals surface area contributed by atoms with E-state index in [0.29, 0.717) is 5.16 Å². The van der Waals surface area contributed by atoms with Crippen LogP contribution in [0.2, 0.25) is 0 Å². The fourth-order valence-electron chi connectivity index (χ4n) is 5.10. The van der Waals surface area contributed by atoms with Crippen LogP contribution in [0.3, 0.4) is 0 Å². The number of aromatic nitrogens is 4. The maximum atomic E-state index is 12.4. The highest BCUT2D eigenvalue weighted by Crippen LogP contribution is 2.55. The number of fused-ring (bicyclic) bond motifs is 6. The molecule has 2 atom stereocenters. The van der Waals surface area contributed by atoms with Crippen LogP contribution >= 0.6 is 23.5 Å². The molecular weight excluding hydrogens is 464 g/mol. The predicted molar refractivity (Wildman–Crippen MR) is 137 cm³/mol. The molecule has 7 nitrogen and oxygen atoms in total. The molecule has 4 heterocycles. The van der Waals surface area contributed by atoms with E-state index in [9.17, 15) is 4.79 Å². The summed E-state index contributed by atoms with van der Waals surface area (Å²) in [5.74, 6) is 0.446. The second-order valence-corrected chi connectivity index (χ2v) is 10.9. The highest BCUT2D eigenvalue weighted by molar-refractivity contribution is 8.00. The van der Waals surface area contributed by atoms with Gasteiger partial charge in [-0.05, 0) is 49.8 Å². The summed E-state index contributed by atoms with van der Waals surface area (Å²) in [6, 6.07) is 9.48. The molecule has 1 aromatic carbocycles. The first kappa shape index (κ1) is 21.9. The minimum Gasteiger partial charge on any atom is -0.325 e. The SMILES string of the molecule is CCCCC1=NC2Sc3c(ncn4c(SCC(=O)Nc5ccccc5)nnc34)C2C2=C1CCC2. The lowest BCUT2D eigenvalue weighted by atomic mass is 9.87. The number of benzene rings is 1. The molecule has 3 aliphatic rings. The van der Waals surface area contributed by atoms with Crippen molar-refractivity contribution in [1.29, 1.82) is 0 Å². The van der Waals surface area contributed by atoms with Gasteiger partial charge in [-0.15, -0.1) is 10.2 Å². The van der Waals surface area contributed by atoms with Gasteiger partial charge in [-0.2, -0.15) is 0 Å². The number of unbranched alkanes of at least 4 members (excludes halogenated alkanes) is 1. The summed E-state index contributed by atoms with van der Waals surface area (Å²) >= 11 is 3.15. The van der Waals surface area contributed by atoms with Crippen LogP contribution in [0.25, 0.3) is 5.65 Å². The highest BCUT2D eigenvalue weighted by atomic mass is 32.2. The summed E-state index contributed by atoms with van der Waals surface area (Å²) in [7, 11) is 0. The average molecular weight is 491 g/mol. The van der Waals surface area contributed by atoms with Gasteiger partial charge in [0, 0.05) is 11.4 Å². The number of nitrogens with zero attached hydrogens (tertiary/aromatic N) is 5. The fourth-order valence-corrected chi connectivity index (χ4v) is 7.20. The summed E-state index contributed by atoms with van der Waals surface area (Å²) in [5.41, 5.74) is 7.10. The Morgan fingerprint density at radius 3 is 2.97 bits per heavy atom. The molecule has 0 fully saturated rings. The number of rotatable bonds is 7. The monoisotopic (exact) mass is 490 g/mol. The normalized spacial score (nSPS) is 20.8. The number of allylic oxidation sites excluding steroid dienone is 1. The maximum absolute atomic E-state index is 12.4. The Morgan fingerprint density at radius 2 is 2.12 bits per heavy atom. The molecule has 2 aliphatic heterocycles. The van der Waals surface area contributed by atoms with E-state index >= 15 is 0 Å². The van der Waals surface area contributed by atoms with E-state index in [1.807, 2.05) is 41.1 Å². The Hall–Kier alpha value is -2.65. The number of nitrogens with one attached hydrogen (secondary N) is 1. The fraction of sp³-hybridized carbons (Fsp3) is 0.400. The lowest BCUT2D eigenvalue weighted by Gasteiger charge is -2.26. The first-order valence-electron chi connectivity index (χ1n) is 11.9. The molecule has 0 saturated carbocycles. The number of para-hydroxylation sites is 1. The van der Waals surface area contributed by atoms with Crippen LogP contribution in [0.15, 0.2) is 62.8 Å². The van der Waals surface area contributed by atoms with Crippen LogP contribution in [-0.4, -0.2) is 42.3 Å². The van der Waals surface area contributed by atoms with Crippen LogP contribution in [-0.2, 0) is 4.79 Å². The van der Waals surface area contributed by atoms with Crippen LogP contribution in [0.1, 0.15) is 57.1 Å². The van der Waals surface area contributed by atoms with E-state index < -0.39 is 0 Å². The first-order valence-corrected chi connectivity index (χ1v) is 13.8. The van der Waals surface area contributed by atoms with Gasteiger partial charge in [0.25, 0.3) is 0 Å². The Balaban J connectivity index is 1.24. The molecule has 1 N–H and O–H groups in total. The van der Waals surface area contributed by atoms with Crippen molar-refractivity contribution in [1.82, 2.24) is 19.6 Å². The molecule has 2 unspecified atom stereocenters. The van der Waals surface area contributed by atoms with Crippen molar-refractivity contribution in [2.24, 2.45) is 4.99 Å². The Morgan fingerprint density at radius 1 is 1.24 bits per heavy atom. The number of aliphatic imine (C=N–C) groups is 1. The number of dihydropyridines is 1. The Labute approximate surface area is 206 Å². The molecule has 174 valence electrons. The highest BCUT2D eigenvalue weighted by Gasteiger charge is 2.44. The number of hydrogen-bond donors (Lipinski definition) is 1. The van der Waals surface area contributed by atoms with E-state index in [1.54, 1.807) is 17.3 Å². The van der Waals surface area contributed by atoms with Crippen molar-refractivity contribution in [3.63, 3.8) is 0 Å². The van der Waals surface area contributed by atoms with Crippen molar-refractivity contribution in [3.8, 4) is 0 Å². The van der Waals surface area contributed by atoms with Gasteiger partial charge >= 0.3 is 0 Å². The van der Waals surface area contributed by atoms with E-state index in [4.69, 9.17) is 9.98 Å². The van der Waals surface area contributed by atoms with E-state index in [0.717, 1.165) is 41.2 Å². The smallest absolute Gasteiger partial charge is 0.234 e. The molecule has 0 radical (unpaired) electrons. The van der Waals surface area contributed by atoms with Crippen molar-refractivity contribution < 1.29 is 4.79 Å². The number of carbonyl (C=O) groups is 1. The van der Waals surface area contributed by atoms with Crippen molar-refractivity contribution in [3.05, 3.63) is 53.5 Å². The summed E-state index contributed by atoms with van der Waals surface area (Å²) in [6.45, 7) is 2.24. The molecule has 9 heteroatoms. The van der Waals surface area contributed by atoms with Gasteiger partial charge in [0.1, 0.15) is 11.7 Å². The number of thioether (sulfide) groups is 2. The average Bonchev–Trinajstić information content (AvgIpc) is 3.57. The van der Waals surface area contributed by atoms with Crippen LogP contribution in [0.5, 0.6) is 0 Å². The number of anilines is 1. The van der Waals surface area contributed by atoms with Gasteiger partial charge in [-0.3, -0.25) is 14.2 Å². The number of hydrogen-bond acceptors (Lipinski definition) is 7. The Kier molecular flexibility index (Phi) is 5.90. The van der Waals surface area contributed by atoms with Crippen LogP contribution in [0, 0.1) is 0 Å². The largest absolute Gasteiger partial charge is 0.325 e. The molecule has 2 aromatic heterocycles. The summed E-state index contributed by atoms with van der Waals surface area (Å²) in [6.07, 6.45) is 8.80. The predicted octanol–water partition coefficient (Wildman–Crippen LogP) is 5.50. The molecular formula is C25H26N6OS2. The first-order chi connectivity index (χ1) is 16.7. The zero-order valence-electron chi connectivity index (χ0n) is 19.0. The molecule has 6 rings (SSSR count). The molecule has 3 aromatic rings. The molecule has 0 spiro atoms. The summed E-state index contributed by atoms with van der Waals surface area (Å²) < 4.78 is 1.91. The zero-order chi connectivity index (χ0) is 23.1. The van der Waals surface area contributed by atoms with Gasteiger partial charge in [0.15, 0.2) is 10.8 Å². The van der Waals surface area contributed by atoms with Crippen molar-refractivity contribution in [2.45, 2.75) is 66.8 Å². The quantitative estimate of drug-likeness (QED) is 0.441. The van der Waals surface area contributed by atoms with Crippen LogP contribution in [0.4, 0.5) is 5.69 Å². The molecule has 0 saturated heterocycles. The second kappa shape index (κ2) is 9.19. The second-order valence-electron chi connectivity index (χ2n) is 8.86. The number of amides is 1. The maximum Gasteiger partial charge on any atom is 0.234 e. The van der Waals surface area contributed by atoms with Gasteiger partial charge in [-0.1, -0.05) is 60.6 Å². The zero-order valence-corrected chi connectivity index (χ0v) is 20.7. The number of carbonyl (C=O) groups excluding carboxylic acids is 1. The summed E-state index contributed by atoms with van der Waals surface area (Å²) in [4.78, 5) is 23.6. The van der Waals surface area contributed by atoms with Crippen molar-refractivity contribution >= 4 is 46.5 Å². The van der Waals surface area contributed by atoms with E-state index in [1.165, 1.54) is 42.3 Å². The topological polar surface area (TPSA) is 84.5 Å². The third-order valence-electron chi connectivity index (χ3n) is 6.66. The van der Waals surface area contributed by atoms with Gasteiger partial charge in [0.2, 0.25) is 5.91 Å². The summed E-state index contributed by atoms with van der Waals surface area (Å²) in [5, 5.41) is 12.6. The van der Waals surface area contributed by atoms with Gasteiger partial charge in [-0.25, -0.2) is 4.98 Å². The molecule has 34 heavy (non-hydrogen) atoms. The standard InChI is InChI=1S/C25H26N6OS2/c1-2-3-12-18-16-10-7-11-17(16)20-21-22(34-24(20)28-18)23-29-30-25(31(23)14-26-21)33-13-19(32)27-15-8-5-4-6-9-15/h4-6,8-9,14,20,24H,2-3,7,10-13H2,1H3,(H,27,32). The lowest BCUT2D eigenvalue weighted by Crippen LogP contribution is -2.21.